The number of hydrogen-bond donors (Lipinski definition) is 0. The van der Waals surface area contributed by atoms with Crippen molar-refractivity contribution in [2.45, 2.75) is 58.3 Å². The maximum atomic E-state index is 13.1. The summed E-state index contributed by atoms with van der Waals surface area (Å²) in [6.07, 6.45) is 3.08. The predicted octanol–water partition coefficient (Wildman–Crippen LogP) is 4.04. The first-order valence-corrected chi connectivity index (χ1v) is 13.0. The Bertz CT molecular complexity index is 1310. The molecule has 0 saturated carbocycles. The highest BCUT2D eigenvalue weighted by molar-refractivity contribution is 7.18. The topological polar surface area (TPSA) is 112 Å². The minimum atomic E-state index is -0.579. The molecule has 0 bridgehead atoms. The van der Waals surface area contributed by atoms with E-state index >= 15 is 0 Å². The Hall–Kier alpha value is -3.05. The van der Waals surface area contributed by atoms with Crippen molar-refractivity contribution < 1.29 is 19.1 Å². The predicted molar refractivity (Wildman–Crippen MR) is 135 cm³/mol. The number of rotatable bonds is 4. The molecule has 1 atom stereocenters. The van der Waals surface area contributed by atoms with Crippen molar-refractivity contribution >= 4 is 39.8 Å². The molecule has 1 unspecified atom stereocenters. The molecule has 2 aromatic heterocycles. The van der Waals surface area contributed by atoms with Gasteiger partial charge in [0.25, 0.3) is 0 Å². The van der Waals surface area contributed by atoms with Crippen LogP contribution in [0, 0.1) is 5.92 Å². The summed E-state index contributed by atoms with van der Waals surface area (Å²) in [6.45, 7) is 8.62. The molecule has 10 nitrogen and oxygen atoms in total. The van der Waals surface area contributed by atoms with Gasteiger partial charge in [0.2, 0.25) is 5.82 Å². The third kappa shape index (κ3) is 4.69. The fourth-order valence-corrected chi connectivity index (χ4v) is 5.77. The number of nitrogens with zero attached hydrogens (tertiary/aromatic N) is 6. The third-order valence-corrected chi connectivity index (χ3v) is 7.82. The summed E-state index contributed by atoms with van der Waals surface area (Å²) >= 11 is 7.74. The summed E-state index contributed by atoms with van der Waals surface area (Å²) in [7, 11) is 0. The van der Waals surface area contributed by atoms with Crippen LogP contribution in [-0.2, 0) is 16.1 Å². The Morgan fingerprint density at radius 1 is 1.31 bits per heavy atom. The number of carbonyl (C=O) groups is 2. The smallest absolute Gasteiger partial charge is 0.330 e. The molecule has 3 aromatic rings. The maximum absolute atomic E-state index is 13.1. The lowest BCUT2D eigenvalue weighted by atomic mass is 9.74. The second-order valence-electron chi connectivity index (χ2n) is 10.1. The van der Waals surface area contributed by atoms with Crippen molar-refractivity contribution in [3.8, 4) is 16.5 Å². The number of aromatic nitrogens is 5. The molecule has 1 fully saturated rings. The largest absolute Gasteiger partial charge is 0.486 e. The van der Waals surface area contributed by atoms with Crippen LogP contribution in [0.5, 0.6) is 5.75 Å². The zero-order valence-electron chi connectivity index (χ0n) is 20.5. The van der Waals surface area contributed by atoms with Crippen LogP contribution in [0.25, 0.3) is 10.7 Å². The van der Waals surface area contributed by atoms with E-state index in [2.05, 4.69) is 25.3 Å². The SMILES string of the molecule is CC1C(=O)c2c(Cl)cccc2OC12CCN(c1ncc(-c3nnn(CC(=O)OC(C)(C)C)n3)s1)CC2. The van der Waals surface area contributed by atoms with Crippen molar-refractivity contribution in [2.24, 2.45) is 5.92 Å². The van der Waals surface area contributed by atoms with Crippen molar-refractivity contribution in [1.82, 2.24) is 25.2 Å². The number of halogens is 1. The number of fused-ring (bicyclic) bond motifs is 1. The van der Waals surface area contributed by atoms with Crippen molar-refractivity contribution in [2.75, 3.05) is 18.0 Å². The quantitative estimate of drug-likeness (QED) is 0.461. The molecular weight excluding hydrogens is 504 g/mol. The Kier molecular flexibility index (Phi) is 6.24. The first kappa shape index (κ1) is 24.6. The lowest BCUT2D eigenvalue weighted by Gasteiger charge is -2.47. The van der Waals surface area contributed by atoms with Gasteiger partial charge in [-0.2, -0.15) is 4.80 Å². The average Bonchev–Trinajstić information content (AvgIpc) is 3.47. The second-order valence-corrected chi connectivity index (χ2v) is 11.5. The molecule has 4 heterocycles. The summed E-state index contributed by atoms with van der Waals surface area (Å²) in [5, 5.41) is 13.6. The number of esters is 1. The van der Waals surface area contributed by atoms with Gasteiger partial charge in [0.15, 0.2) is 17.5 Å². The van der Waals surface area contributed by atoms with Gasteiger partial charge < -0.3 is 14.4 Å². The number of carbonyl (C=O) groups excluding carboxylic acids is 2. The molecule has 0 amide bonds. The first-order valence-electron chi connectivity index (χ1n) is 11.8. The van der Waals surface area contributed by atoms with E-state index in [1.807, 2.05) is 19.1 Å². The van der Waals surface area contributed by atoms with Crippen LogP contribution in [-0.4, -0.2) is 61.2 Å². The van der Waals surface area contributed by atoms with Crippen LogP contribution in [0.2, 0.25) is 5.02 Å². The Balaban J connectivity index is 1.25. The minimum absolute atomic E-state index is 0.0346. The molecule has 0 N–H and O–H groups in total. The van der Waals surface area contributed by atoms with Gasteiger partial charge in [-0.1, -0.05) is 35.9 Å². The molecule has 190 valence electrons. The summed E-state index contributed by atoms with van der Waals surface area (Å²) in [4.78, 5) is 33.9. The maximum Gasteiger partial charge on any atom is 0.330 e. The van der Waals surface area contributed by atoms with Gasteiger partial charge in [0.05, 0.1) is 27.6 Å². The van der Waals surface area contributed by atoms with Gasteiger partial charge in [0.1, 0.15) is 17.0 Å². The van der Waals surface area contributed by atoms with Crippen molar-refractivity contribution in [3.05, 3.63) is 35.0 Å². The zero-order valence-corrected chi connectivity index (χ0v) is 22.1. The number of benzene rings is 1. The number of hydrogen-bond acceptors (Lipinski definition) is 10. The van der Waals surface area contributed by atoms with E-state index in [-0.39, 0.29) is 18.2 Å². The Labute approximate surface area is 217 Å². The molecule has 0 radical (unpaired) electrons. The Morgan fingerprint density at radius 3 is 2.78 bits per heavy atom. The van der Waals surface area contributed by atoms with Crippen LogP contribution in [0.15, 0.2) is 24.4 Å². The van der Waals surface area contributed by atoms with Crippen LogP contribution in [0.4, 0.5) is 5.13 Å². The minimum Gasteiger partial charge on any atom is -0.486 e. The van der Waals surface area contributed by atoms with E-state index in [1.54, 1.807) is 33.0 Å². The monoisotopic (exact) mass is 530 g/mol. The third-order valence-electron chi connectivity index (χ3n) is 6.46. The number of ketones is 1. The fraction of sp³-hybridized carbons (Fsp3) is 0.500. The highest BCUT2D eigenvalue weighted by Crippen LogP contribution is 2.45. The van der Waals surface area contributed by atoms with E-state index in [0.29, 0.717) is 48.1 Å². The molecule has 1 saturated heterocycles. The average molecular weight is 531 g/mol. The summed E-state index contributed by atoms with van der Waals surface area (Å²) in [5.74, 6) is 0.284. The van der Waals surface area contributed by atoms with Gasteiger partial charge in [-0.05, 0) is 38.1 Å². The van der Waals surface area contributed by atoms with Crippen LogP contribution in [0.3, 0.4) is 0 Å². The molecule has 2 aliphatic rings. The van der Waals surface area contributed by atoms with Gasteiger partial charge >= 0.3 is 5.97 Å². The normalized spacial score (nSPS) is 19.2. The second kappa shape index (κ2) is 9.11. The van der Waals surface area contributed by atoms with E-state index in [1.165, 1.54) is 16.1 Å². The van der Waals surface area contributed by atoms with Crippen LogP contribution in [0.1, 0.15) is 50.9 Å². The molecule has 36 heavy (non-hydrogen) atoms. The first-order chi connectivity index (χ1) is 17.0. The summed E-state index contributed by atoms with van der Waals surface area (Å²) in [5.41, 5.74) is -0.654. The fourth-order valence-electron chi connectivity index (χ4n) is 4.62. The van der Waals surface area contributed by atoms with Crippen molar-refractivity contribution in [3.63, 3.8) is 0 Å². The van der Waals surface area contributed by atoms with Crippen LogP contribution < -0.4 is 9.64 Å². The standard InChI is InChI=1S/C24H27ClN6O4S/c1-14-20(33)19-15(25)6-5-7-16(19)34-24(14)8-10-30(11-9-24)22-26-12-17(36-22)21-27-29-31(28-21)13-18(32)35-23(2,3)4/h5-7,12,14H,8-11,13H2,1-4H3. The number of tetrazole rings is 1. The zero-order chi connectivity index (χ0) is 25.7. The Morgan fingerprint density at radius 2 is 2.06 bits per heavy atom. The summed E-state index contributed by atoms with van der Waals surface area (Å²) < 4.78 is 11.7. The van der Waals surface area contributed by atoms with E-state index in [4.69, 9.17) is 21.1 Å². The highest BCUT2D eigenvalue weighted by Gasteiger charge is 2.49. The van der Waals surface area contributed by atoms with Gasteiger partial charge in [-0.3, -0.25) is 4.79 Å². The van der Waals surface area contributed by atoms with E-state index in [9.17, 15) is 9.59 Å². The number of piperidine rings is 1. The number of anilines is 1. The molecule has 2 aliphatic heterocycles. The molecule has 1 spiro atoms. The number of thiazole rings is 1. The number of Topliss-reactive ketones (excluding diaryl/α,β-unsaturated/α-hetero) is 1. The molecule has 5 rings (SSSR count). The lowest BCUT2D eigenvalue weighted by molar-refractivity contribution is -0.156. The van der Waals surface area contributed by atoms with Gasteiger partial charge in [-0.25, -0.2) is 9.78 Å². The van der Waals surface area contributed by atoms with Gasteiger partial charge in [0, 0.05) is 25.9 Å². The molecular formula is C24H27ClN6O4S. The number of ether oxygens (including phenoxy) is 2. The van der Waals surface area contributed by atoms with E-state index < -0.39 is 17.2 Å². The summed E-state index contributed by atoms with van der Waals surface area (Å²) in [6, 6.07) is 5.34. The lowest BCUT2D eigenvalue weighted by Crippen LogP contribution is -2.56. The van der Waals surface area contributed by atoms with Crippen molar-refractivity contribution in [1.29, 1.82) is 0 Å². The molecule has 12 heteroatoms. The van der Waals surface area contributed by atoms with Gasteiger partial charge in [-0.15, -0.1) is 10.2 Å². The molecule has 0 aliphatic carbocycles. The van der Waals surface area contributed by atoms with Crippen LogP contribution >= 0.6 is 22.9 Å². The molecule has 1 aromatic carbocycles. The van der Waals surface area contributed by atoms with E-state index in [0.717, 1.165) is 10.0 Å². The highest BCUT2D eigenvalue weighted by atomic mass is 35.5.